The summed E-state index contributed by atoms with van der Waals surface area (Å²) in [6, 6.07) is 4.90. The molecule has 0 saturated carbocycles. The second-order valence-corrected chi connectivity index (χ2v) is 4.43. The summed E-state index contributed by atoms with van der Waals surface area (Å²) in [5.74, 6) is -0.623. The Balaban J connectivity index is 2.95. The molecule has 2 N–H and O–H groups in total. The Morgan fingerprint density at radius 3 is 2.55 bits per heavy atom. The lowest BCUT2D eigenvalue weighted by Crippen LogP contribution is -2.35. The van der Waals surface area contributed by atoms with Crippen molar-refractivity contribution in [3.05, 3.63) is 23.8 Å². The van der Waals surface area contributed by atoms with Crippen LogP contribution in [-0.4, -0.2) is 43.6 Å². The molecule has 1 rings (SSSR count). The van der Waals surface area contributed by atoms with Gasteiger partial charge in [-0.05, 0) is 26.0 Å². The highest BCUT2D eigenvalue weighted by Gasteiger charge is 2.24. The number of amides is 1. The van der Waals surface area contributed by atoms with Crippen molar-refractivity contribution in [1.82, 2.24) is 4.90 Å². The summed E-state index contributed by atoms with van der Waals surface area (Å²) in [6.45, 7) is 3.71. The zero-order chi connectivity index (χ0) is 15.3. The topological polar surface area (TPSA) is 81.9 Å². The molecule has 0 radical (unpaired) electrons. The van der Waals surface area contributed by atoms with Gasteiger partial charge in [0.2, 0.25) is 0 Å². The summed E-state index contributed by atoms with van der Waals surface area (Å²) >= 11 is 0. The third-order valence-corrected chi connectivity index (χ3v) is 2.63. The zero-order valence-electron chi connectivity index (χ0n) is 12.2. The van der Waals surface area contributed by atoms with E-state index in [0.29, 0.717) is 12.4 Å². The number of nitrogen functional groups attached to an aromatic ring is 1. The molecule has 0 aliphatic rings. The Labute approximate surface area is 118 Å². The molecule has 110 valence electrons. The van der Waals surface area contributed by atoms with Gasteiger partial charge in [-0.1, -0.05) is 6.07 Å². The molecule has 20 heavy (non-hydrogen) atoms. The van der Waals surface area contributed by atoms with Gasteiger partial charge in [-0.3, -0.25) is 4.79 Å². The number of benzene rings is 1. The van der Waals surface area contributed by atoms with E-state index in [9.17, 15) is 9.59 Å². The van der Waals surface area contributed by atoms with Crippen molar-refractivity contribution in [2.24, 2.45) is 0 Å². The molecule has 0 aromatic heterocycles. The Kier molecular flexibility index (Phi) is 5.37. The van der Waals surface area contributed by atoms with E-state index in [0.717, 1.165) is 0 Å². The molecule has 0 aliphatic carbocycles. The number of anilines is 1. The number of nitrogens with zero attached hydrogens (tertiary/aromatic N) is 1. The lowest BCUT2D eigenvalue weighted by molar-refractivity contribution is -0.137. The van der Waals surface area contributed by atoms with Gasteiger partial charge in [0.1, 0.15) is 11.3 Å². The van der Waals surface area contributed by atoms with Gasteiger partial charge in [0, 0.05) is 19.8 Å². The first kappa shape index (κ1) is 15.8. The number of carbonyl (C=O) groups excluding carboxylic acids is 2. The Morgan fingerprint density at radius 2 is 2.00 bits per heavy atom. The summed E-state index contributed by atoms with van der Waals surface area (Å²) < 4.78 is 10.5. The molecule has 0 bridgehead atoms. The minimum atomic E-state index is -0.883. The fourth-order valence-corrected chi connectivity index (χ4v) is 1.68. The van der Waals surface area contributed by atoms with Crippen molar-refractivity contribution in [2.75, 3.05) is 26.4 Å². The van der Waals surface area contributed by atoms with E-state index in [2.05, 4.69) is 0 Å². The lowest BCUT2D eigenvalue weighted by Gasteiger charge is -2.18. The summed E-state index contributed by atoms with van der Waals surface area (Å²) in [6.07, 6.45) is -0.883. The number of esters is 1. The second kappa shape index (κ2) is 6.79. The van der Waals surface area contributed by atoms with Crippen LogP contribution >= 0.6 is 0 Å². The van der Waals surface area contributed by atoms with Crippen LogP contribution in [0.1, 0.15) is 24.2 Å². The molecule has 1 atom stereocenters. The van der Waals surface area contributed by atoms with Crippen LogP contribution in [0.4, 0.5) is 5.69 Å². The van der Waals surface area contributed by atoms with E-state index in [1.165, 1.54) is 11.8 Å². The molecular weight excluding hydrogens is 260 g/mol. The fraction of sp³-hybridized carbons (Fsp3) is 0.429. The van der Waals surface area contributed by atoms with Crippen LogP contribution in [0.15, 0.2) is 18.2 Å². The Hall–Kier alpha value is -2.24. The highest BCUT2D eigenvalue weighted by Crippen LogP contribution is 2.25. The van der Waals surface area contributed by atoms with Gasteiger partial charge in [0.25, 0.3) is 5.91 Å². The highest BCUT2D eigenvalue weighted by atomic mass is 16.5. The third kappa shape index (κ3) is 3.63. The molecule has 1 aromatic carbocycles. The molecular formula is C14H20N2O4. The maximum absolute atomic E-state index is 12.1. The molecule has 1 aromatic rings. The molecule has 1 unspecified atom stereocenters. The van der Waals surface area contributed by atoms with Crippen molar-refractivity contribution in [1.29, 1.82) is 0 Å². The maximum atomic E-state index is 12.1. The van der Waals surface area contributed by atoms with Gasteiger partial charge >= 0.3 is 5.97 Å². The number of likely N-dealkylation sites (N-methyl/N-ethyl adjacent to an activating group) is 1. The SMILES string of the molecule is CCOc1cccc(N)c1C(=O)OC(C)C(=O)N(C)C. The first-order valence-electron chi connectivity index (χ1n) is 6.31. The molecule has 1 amide bonds. The average Bonchev–Trinajstić information content (AvgIpc) is 2.37. The smallest absolute Gasteiger partial charge is 0.344 e. The first-order valence-corrected chi connectivity index (χ1v) is 6.31. The van der Waals surface area contributed by atoms with Crippen LogP contribution in [0.2, 0.25) is 0 Å². The van der Waals surface area contributed by atoms with E-state index >= 15 is 0 Å². The number of carbonyl (C=O) groups is 2. The molecule has 0 fully saturated rings. The van der Waals surface area contributed by atoms with Crippen molar-refractivity contribution < 1.29 is 19.1 Å². The van der Waals surface area contributed by atoms with Gasteiger partial charge in [0.05, 0.1) is 6.61 Å². The largest absolute Gasteiger partial charge is 0.493 e. The Bertz CT molecular complexity index is 500. The summed E-state index contributed by atoms with van der Waals surface area (Å²) in [4.78, 5) is 25.2. The zero-order valence-corrected chi connectivity index (χ0v) is 12.2. The molecule has 0 aliphatic heterocycles. The van der Waals surface area contributed by atoms with Crippen LogP contribution < -0.4 is 10.5 Å². The van der Waals surface area contributed by atoms with E-state index in [-0.39, 0.29) is 17.2 Å². The van der Waals surface area contributed by atoms with Gasteiger partial charge in [0.15, 0.2) is 6.10 Å². The van der Waals surface area contributed by atoms with Crippen LogP contribution in [-0.2, 0) is 9.53 Å². The number of ether oxygens (including phenoxy) is 2. The third-order valence-electron chi connectivity index (χ3n) is 2.63. The first-order chi connectivity index (χ1) is 9.38. The van der Waals surface area contributed by atoms with Gasteiger partial charge in [-0.25, -0.2) is 4.79 Å². The quantitative estimate of drug-likeness (QED) is 0.649. The van der Waals surface area contributed by atoms with E-state index in [1.54, 1.807) is 39.2 Å². The van der Waals surface area contributed by atoms with Crippen molar-refractivity contribution in [3.63, 3.8) is 0 Å². The number of nitrogens with two attached hydrogens (primary N) is 1. The van der Waals surface area contributed by atoms with Crippen LogP contribution in [0.25, 0.3) is 0 Å². The number of hydrogen-bond donors (Lipinski definition) is 1. The monoisotopic (exact) mass is 280 g/mol. The highest BCUT2D eigenvalue weighted by molar-refractivity contribution is 5.99. The lowest BCUT2D eigenvalue weighted by atomic mass is 10.1. The average molecular weight is 280 g/mol. The second-order valence-electron chi connectivity index (χ2n) is 4.43. The molecule has 0 spiro atoms. The van der Waals surface area contributed by atoms with E-state index < -0.39 is 12.1 Å². The minimum Gasteiger partial charge on any atom is -0.493 e. The summed E-state index contributed by atoms with van der Waals surface area (Å²) in [7, 11) is 3.18. The van der Waals surface area contributed by atoms with E-state index in [1.807, 2.05) is 0 Å². The maximum Gasteiger partial charge on any atom is 0.344 e. The Morgan fingerprint density at radius 1 is 1.35 bits per heavy atom. The minimum absolute atomic E-state index is 0.146. The fourth-order valence-electron chi connectivity index (χ4n) is 1.68. The normalized spacial score (nSPS) is 11.6. The van der Waals surface area contributed by atoms with Crippen LogP contribution in [0, 0.1) is 0 Å². The van der Waals surface area contributed by atoms with Gasteiger partial charge < -0.3 is 20.1 Å². The molecule has 6 heteroatoms. The van der Waals surface area contributed by atoms with Crippen LogP contribution in [0.3, 0.4) is 0 Å². The van der Waals surface area contributed by atoms with Gasteiger partial charge in [-0.2, -0.15) is 0 Å². The summed E-state index contributed by atoms with van der Waals surface area (Å²) in [5, 5.41) is 0. The summed E-state index contributed by atoms with van der Waals surface area (Å²) in [5.41, 5.74) is 6.19. The molecule has 6 nitrogen and oxygen atoms in total. The number of hydrogen-bond acceptors (Lipinski definition) is 5. The number of rotatable bonds is 5. The van der Waals surface area contributed by atoms with E-state index in [4.69, 9.17) is 15.2 Å². The predicted molar refractivity (Wildman–Crippen MR) is 75.6 cm³/mol. The van der Waals surface area contributed by atoms with Crippen LogP contribution in [0.5, 0.6) is 5.75 Å². The van der Waals surface area contributed by atoms with Gasteiger partial charge in [-0.15, -0.1) is 0 Å². The van der Waals surface area contributed by atoms with Crippen molar-refractivity contribution >= 4 is 17.6 Å². The molecule has 0 heterocycles. The van der Waals surface area contributed by atoms with Crippen molar-refractivity contribution in [2.45, 2.75) is 20.0 Å². The molecule has 0 saturated heterocycles. The van der Waals surface area contributed by atoms with Crippen molar-refractivity contribution in [3.8, 4) is 5.75 Å². The predicted octanol–water partition coefficient (Wildman–Crippen LogP) is 1.30. The standard InChI is InChI=1S/C14H20N2O4/c1-5-19-11-8-6-7-10(15)12(11)14(18)20-9(2)13(17)16(3)4/h6-9H,5,15H2,1-4H3.